The summed E-state index contributed by atoms with van der Waals surface area (Å²) in [6.45, 7) is 9.29. The second-order valence-corrected chi connectivity index (χ2v) is 6.31. The summed E-state index contributed by atoms with van der Waals surface area (Å²) in [5.74, 6) is 0.795. The number of hydrogen-bond donors (Lipinski definition) is 1. The molecular weight excluding hydrogens is 240 g/mol. The van der Waals surface area contributed by atoms with Gasteiger partial charge in [0.05, 0.1) is 6.10 Å². The highest BCUT2D eigenvalue weighted by Crippen LogP contribution is 2.23. The van der Waals surface area contributed by atoms with Crippen LogP contribution in [0.15, 0.2) is 0 Å². The number of amides is 1. The van der Waals surface area contributed by atoms with Gasteiger partial charge in [0.1, 0.15) is 6.10 Å². The summed E-state index contributed by atoms with van der Waals surface area (Å²) in [6, 6.07) is 0.258. The molecule has 4 nitrogen and oxygen atoms in total. The second-order valence-electron chi connectivity index (χ2n) is 6.31. The van der Waals surface area contributed by atoms with Crippen molar-refractivity contribution in [2.45, 2.75) is 64.7 Å². The SMILES string of the molecule is CC1CCC(C(=O)N(CC2CCCNC2)C(C)C)O1. The first-order valence-corrected chi connectivity index (χ1v) is 7.74. The highest BCUT2D eigenvalue weighted by Gasteiger charge is 2.33. The van der Waals surface area contributed by atoms with Crippen LogP contribution >= 0.6 is 0 Å². The Morgan fingerprint density at radius 3 is 2.68 bits per heavy atom. The Morgan fingerprint density at radius 1 is 1.37 bits per heavy atom. The molecule has 0 aromatic rings. The topological polar surface area (TPSA) is 41.6 Å². The molecule has 0 aromatic heterocycles. The summed E-state index contributed by atoms with van der Waals surface area (Å²) in [5.41, 5.74) is 0. The van der Waals surface area contributed by atoms with Gasteiger partial charge in [-0.3, -0.25) is 4.79 Å². The van der Waals surface area contributed by atoms with E-state index in [1.165, 1.54) is 12.8 Å². The van der Waals surface area contributed by atoms with Crippen LogP contribution < -0.4 is 5.32 Å². The first kappa shape index (κ1) is 14.8. The predicted octanol–water partition coefficient (Wildman–Crippen LogP) is 1.79. The normalized spacial score (nSPS) is 31.7. The number of nitrogens with one attached hydrogen (secondary N) is 1. The van der Waals surface area contributed by atoms with E-state index in [9.17, 15) is 4.79 Å². The van der Waals surface area contributed by atoms with Gasteiger partial charge in [0.15, 0.2) is 0 Å². The molecule has 4 heteroatoms. The molecule has 0 saturated carbocycles. The molecule has 19 heavy (non-hydrogen) atoms. The minimum Gasteiger partial charge on any atom is -0.365 e. The third kappa shape index (κ3) is 3.93. The number of hydrogen-bond acceptors (Lipinski definition) is 3. The molecule has 3 atom stereocenters. The van der Waals surface area contributed by atoms with Crippen LogP contribution in [-0.2, 0) is 9.53 Å². The van der Waals surface area contributed by atoms with Crippen LogP contribution in [0.2, 0.25) is 0 Å². The van der Waals surface area contributed by atoms with Crippen LogP contribution in [0.25, 0.3) is 0 Å². The molecule has 2 aliphatic rings. The van der Waals surface area contributed by atoms with Gasteiger partial charge in [0.2, 0.25) is 0 Å². The smallest absolute Gasteiger partial charge is 0.251 e. The Hall–Kier alpha value is -0.610. The van der Waals surface area contributed by atoms with Gasteiger partial charge in [-0.05, 0) is 65.5 Å². The number of ether oxygens (including phenoxy) is 1. The summed E-state index contributed by atoms with van der Waals surface area (Å²) >= 11 is 0. The Bertz CT molecular complexity index is 301. The van der Waals surface area contributed by atoms with Crippen molar-refractivity contribution in [3.63, 3.8) is 0 Å². The summed E-state index contributed by atoms with van der Waals surface area (Å²) in [4.78, 5) is 14.6. The van der Waals surface area contributed by atoms with E-state index in [1.54, 1.807) is 0 Å². The maximum absolute atomic E-state index is 12.6. The third-order valence-electron chi connectivity index (χ3n) is 4.27. The summed E-state index contributed by atoms with van der Waals surface area (Å²) in [6.07, 6.45) is 4.38. The molecule has 2 saturated heterocycles. The lowest BCUT2D eigenvalue weighted by Gasteiger charge is -2.34. The number of piperidine rings is 1. The van der Waals surface area contributed by atoms with Crippen LogP contribution in [0.3, 0.4) is 0 Å². The van der Waals surface area contributed by atoms with Gasteiger partial charge in [-0.25, -0.2) is 0 Å². The maximum Gasteiger partial charge on any atom is 0.251 e. The zero-order valence-electron chi connectivity index (χ0n) is 12.5. The summed E-state index contributed by atoms with van der Waals surface area (Å²) in [7, 11) is 0. The molecular formula is C15H28N2O2. The predicted molar refractivity (Wildman–Crippen MR) is 76.0 cm³/mol. The van der Waals surface area contributed by atoms with Crippen molar-refractivity contribution in [2.24, 2.45) is 5.92 Å². The molecule has 0 aromatic carbocycles. The zero-order valence-corrected chi connectivity index (χ0v) is 12.5. The third-order valence-corrected chi connectivity index (χ3v) is 4.27. The fraction of sp³-hybridized carbons (Fsp3) is 0.933. The monoisotopic (exact) mass is 268 g/mol. The Morgan fingerprint density at radius 2 is 2.16 bits per heavy atom. The molecule has 0 spiro atoms. The molecule has 1 amide bonds. The van der Waals surface area contributed by atoms with E-state index < -0.39 is 0 Å². The van der Waals surface area contributed by atoms with Crippen LogP contribution in [0.4, 0.5) is 0 Å². The standard InChI is InChI=1S/C15H28N2O2/c1-11(2)17(10-13-5-4-8-16-9-13)15(18)14-7-6-12(3)19-14/h11-14,16H,4-10H2,1-3H3. The van der Waals surface area contributed by atoms with Gasteiger partial charge in [-0.15, -0.1) is 0 Å². The average Bonchev–Trinajstić information content (AvgIpc) is 2.83. The molecule has 110 valence electrons. The lowest BCUT2D eigenvalue weighted by atomic mass is 9.98. The Labute approximate surface area is 116 Å². The molecule has 1 N–H and O–H groups in total. The lowest BCUT2D eigenvalue weighted by Crippen LogP contribution is -2.48. The van der Waals surface area contributed by atoms with Gasteiger partial charge < -0.3 is 15.0 Å². The van der Waals surface area contributed by atoms with Crippen LogP contribution in [-0.4, -0.2) is 48.7 Å². The van der Waals surface area contributed by atoms with Gasteiger partial charge in [-0.2, -0.15) is 0 Å². The van der Waals surface area contributed by atoms with Crippen LogP contribution in [0.5, 0.6) is 0 Å². The fourth-order valence-electron chi connectivity index (χ4n) is 3.08. The van der Waals surface area contributed by atoms with E-state index in [-0.39, 0.29) is 24.2 Å². The number of carbonyl (C=O) groups is 1. The van der Waals surface area contributed by atoms with Crippen LogP contribution in [0, 0.1) is 5.92 Å². The molecule has 0 radical (unpaired) electrons. The molecule has 2 aliphatic heterocycles. The molecule has 3 unspecified atom stereocenters. The van der Waals surface area contributed by atoms with Gasteiger partial charge in [-0.1, -0.05) is 0 Å². The van der Waals surface area contributed by atoms with E-state index >= 15 is 0 Å². The van der Waals surface area contributed by atoms with Crippen molar-refractivity contribution in [1.82, 2.24) is 10.2 Å². The Kier molecular flexibility index (Phi) is 5.22. The first-order chi connectivity index (χ1) is 9.08. The van der Waals surface area contributed by atoms with Crippen molar-refractivity contribution < 1.29 is 9.53 Å². The number of carbonyl (C=O) groups excluding carboxylic acids is 1. The van der Waals surface area contributed by atoms with E-state index in [0.29, 0.717) is 5.92 Å². The fourth-order valence-corrected chi connectivity index (χ4v) is 3.08. The summed E-state index contributed by atoms with van der Waals surface area (Å²) in [5, 5.41) is 3.43. The largest absolute Gasteiger partial charge is 0.365 e. The van der Waals surface area contributed by atoms with Crippen molar-refractivity contribution in [2.75, 3.05) is 19.6 Å². The minimum absolute atomic E-state index is 0.199. The van der Waals surface area contributed by atoms with E-state index in [1.807, 2.05) is 4.90 Å². The molecule has 2 heterocycles. The van der Waals surface area contributed by atoms with E-state index in [2.05, 4.69) is 26.1 Å². The van der Waals surface area contributed by atoms with Gasteiger partial charge >= 0.3 is 0 Å². The number of rotatable bonds is 4. The lowest BCUT2D eigenvalue weighted by molar-refractivity contribution is -0.145. The van der Waals surface area contributed by atoms with Crippen LogP contribution in [0.1, 0.15) is 46.5 Å². The Balaban J connectivity index is 1.92. The van der Waals surface area contributed by atoms with Gasteiger partial charge in [0, 0.05) is 12.6 Å². The quantitative estimate of drug-likeness (QED) is 0.845. The average molecular weight is 268 g/mol. The summed E-state index contributed by atoms with van der Waals surface area (Å²) < 4.78 is 5.74. The number of nitrogens with zero attached hydrogens (tertiary/aromatic N) is 1. The molecule has 0 aliphatic carbocycles. The van der Waals surface area contributed by atoms with Crippen molar-refractivity contribution in [1.29, 1.82) is 0 Å². The van der Waals surface area contributed by atoms with Gasteiger partial charge in [0.25, 0.3) is 5.91 Å². The molecule has 2 fully saturated rings. The van der Waals surface area contributed by atoms with E-state index in [4.69, 9.17) is 4.74 Å². The second kappa shape index (κ2) is 6.71. The minimum atomic E-state index is -0.200. The first-order valence-electron chi connectivity index (χ1n) is 7.74. The van der Waals surface area contributed by atoms with Crippen molar-refractivity contribution in [3.05, 3.63) is 0 Å². The maximum atomic E-state index is 12.6. The zero-order chi connectivity index (χ0) is 13.8. The van der Waals surface area contributed by atoms with E-state index in [0.717, 1.165) is 32.5 Å². The van der Waals surface area contributed by atoms with Crippen molar-refractivity contribution in [3.8, 4) is 0 Å². The highest BCUT2D eigenvalue weighted by molar-refractivity contribution is 5.81. The highest BCUT2D eigenvalue weighted by atomic mass is 16.5. The van der Waals surface area contributed by atoms with Crippen molar-refractivity contribution >= 4 is 5.91 Å². The molecule has 2 rings (SSSR count). The molecule has 0 bridgehead atoms.